The molecule has 0 radical (unpaired) electrons. The second-order valence-corrected chi connectivity index (χ2v) is 7.26. The molecule has 4 rings (SSSR count). The van der Waals surface area contributed by atoms with E-state index in [1.54, 1.807) is 11.3 Å². The van der Waals surface area contributed by atoms with Crippen LogP contribution < -0.4 is 5.32 Å². The van der Waals surface area contributed by atoms with Crippen LogP contribution in [-0.4, -0.2) is 34.9 Å². The number of carbonyl (C=O) groups excluding carboxylic acids is 1. The molecule has 1 unspecified atom stereocenters. The van der Waals surface area contributed by atoms with Gasteiger partial charge in [-0.25, -0.2) is 0 Å². The summed E-state index contributed by atoms with van der Waals surface area (Å²) in [6.45, 7) is 2.89. The number of nitrogens with zero attached hydrogens (tertiary/aromatic N) is 1. The van der Waals surface area contributed by atoms with Gasteiger partial charge in [0.25, 0.3) is 5.91 Å². The van der Waals surface area contributed by atoms with Crippen molar-refractivity contribution in [3.8, 4) is 0 Å². The van der Waals surface area contributed by atoms with E-state index in [0.29, 0.717) is 17.2 Å². The van der Waals surface area contributed by atoms with Gasteiger partial charge in [-0.2, -0.15) is 11.3 Å². The molecule has 2 aromatic rings. The third-order valence-corrected chi connectivity index (χ3v) is 5.88. The van der Waals surface area contributed by atoms with Gasteiger partial charge in [0.15, 0.2) is 0 Å². The summed E-state index contributed by atoms with van der Waals surface area (Å²) in [5, 5.41) is 7.66. The summed E-state index contributed by atoms with van der Waals surface area (Å²) in [5.74, 6) is 0.136. The lowest BCUT2D eigenvalue weighted by Crippen LogP contribution is -2.39. The summed E-state index contributed by atoms with van der Waals surface area (Å²) in [4.78, 5) is 18.1. The number of H-pyrrole nitrogens is 1. The van der Waals surface area contributed by atoms with Crippen LogP contribution in [0.1, 0.15) is 35.3 Å². The number of rotatable bonds is 4. The van der Waals surface area contributed by atoms with Crippen molar-refractivity contribution in [2.45, 2.75) is 31.8 Å². The van der Waals surface area contributed by atoms with Crippen molar-refractivity contribution in [3.63, 3.8) is 0 Å². The number of hydrogen-bond donors (Lipinski definition) is 2. The summed E-state index contributed by atoms with van der Waals surface area (Å²) in [7, 11) is 0. The highest BCUT2D eigenvalue weighted by atomic mass is 35.5. The van der Waals surface area contributed by atoms with Gasteiger partial charge in [0, 0.05) is 18.8 Å². The van der Waals surface area contributed by atoms with Gasteiger partial charge in [0.1, 0.15) is 5.69 Å². The lowest BCUT2D eigenvalue weighted by atomic mass is 9.93. The van der Waals surface area contributed by atoms with Crippen molar-refractivity contribution in [3.05, 3.63) is 46.4 Å². The lowest BCUT2D eigenvalue weighted by molar-refractivity contribution is 0.0687. The number of thiophene rings is 1. The van der Waals surface area contributed by atoms with Crippen LogP contribution >= 0.6 is 23.7 Å². The van der Waals surface area contributed by atoms with E-state index >= 15 is 0 Å². The fraction of sp³-hybridized carbons (Fsp3) is 0.471. The molecule has 0 aromatic carbocycles. The number of hydrogen-bond acceptors (Lipinski definition) is 3. The predicted molar refractivity (Wildman–Crippen MR) is 95.2 cm³/mol. The minimum Gasteiger partial charge on any atom is -0.357 e. The Morgan fingerprint density at radius 1 is 1.35 bits per heavy atom. The number of halogens is 1. The molecular weight excluding hydrogens is 330 g/mol. The quantitative estimate of drug-likeness (QED) is 0.888. The monoisotopic (exact) mass is 351 g/mol. The second kappa shape index (κ2) is 6.67. The maximum absolute atomic E-state index is 12.9. The lowest BCUT2D eigenvalue weighted by Gasteiger charge is -2.29. The predicted octanol–water partition coefficient (Wildman–Crippen LogP) is 3.28. The molecule has 124 valence electrons. The second-order valence-electron chi connectivity index (χ2n) is 6.48. The molecule has 23 heavy (non-hydrogen) atoms. The van der Waals surface area contributed by atoms with E-state index in [1.165, 1.54) is 18.4 Å². The molecule has 1 atom stereocenters. The highest BCUT2D eigenvalue weighted by Crippen LogP contribution is 2.56. The van der Waals surface area contributed by atoms with E-state index in [1.807, 2.05) is 18.3 Å². The summed E-state index contributed by atoms with van der Waals surface area (Å²) in [6.07, 6.45) is 5.36. The van der Waals surface area contributed by atoms with Crippen molar-refractivity contribution >= 4 is 29.7 Å². The Labute approximate surface area is 146 Å². The Bertz CT molecular complexity index is 635. The molecule has 6 heteroatoms. The van der Waals surface area contributed by atoms with Crippen LogP contribution in [0.5, 0.6) is 0 Å². The molecule has 2 N–H and O–H groups in total. The minimum absolute atomic E-state index is 0. The van der Waals surface area contributed by atoms with Crippen molar-refractivity contribution in [1.82, 2.24) is 15.2 Å². The van der Waals surface area contributed by atoms with Crippen molar-refractivity contribution in [1.29, 1.82) is 0 Å². The van der Waals surface area contributed by atoms with Gasteiger partial charge in [-0.15, -0.1) is 12.4 Å². The van der Waals surface area contributed by atoms with E-state index in [4.69, 9.17) is 0 Å². The first-order chi connectivity index (χ1) is 10.8. The first kappa shape index (κ1) is 16.6. The molecule has 3 heterocycles. The molecule has 4 nitrogen and oxygen atoms in total. The molecule has 0 bridgehead atoms. The highest BCUT2D eigenvalue weighted by Gasteiger charge is 2.57. The standard InChI is InChI=1S/C17H21N3OS.ClH/c21-16(14-2-1-6-19-14)20(11-13-3-9-22-12-13)15-10-17(15)4-7-18-8-5-17;/h1-3,6,9,12,15,18-19H,4-5,7-8,10-11H2;1H. The number of nitrogens with one attached hydrogen (secondary N) is 2. The molecule has 1 amide bonds. The number of aromatic nitrogens is 1. The van der Waals surface area contributed by atoms with Gasteiger partial charge >= 0.3 is 0 Å². The summed E-state index contributed by atoms with van der Waals surface area (Å²) < 4.78 is 0. The third kappa shape index (κ3) is 3.18. The molecular formula is C17H22ClN3OS. The Balaban J connectivity index is 0.00000156. The van der Waals surface area contributed by atoms with Crippen molar-refractivity contribution < 1.29 is 4.79 Å². The summed E-state index contributed by atoms with van der Waals surface area (Å²) >= 11 is 1.69. The molecule has 1 saturated heterocycles. The Morgan fingerprint density at radius 3 is 2.83 bits per heavy atom. The average molecular weight is 352 g/mol. The largest absolute Gasteiger partial charge is 0.357 e. The van der Waals surface area contributed by atoms with Gasteiger partial charge in [-0.05, 0) is 72.3 Å². The van der Waals surface area contributed by atoms with Gasteiger partial charge in [-0.1, -0.05) is 0 Å². The third-order valence-electron chi connectivity index (χ3n) is 5.14. The van der Waals surface area contributed by atoms with Crippen molar-refractivity contribution in [2.24, 2.45) is 5.41 Å². The van der Waals surface area contributed by atoms with E-state index < -0.39 is 0 Å². The number of aromatic amines is 1. The molecule has 1 spiro atoms. The number of amides is 1. The Kier molecular flexibility index (Phi) is 4.80. The Hall–Kier alpha value is -1.30. The first-order valence-corrected chi connectivity index (χ1v) is 8.89. The van der Waals surface area contributed by atoms with Gasteiger partial charge in [0.05, 0.1) is 0 Å². The summed E-state index contributed by atoms with van der Waals surface area (Å²) in [6, 6.07) is 6.28. The molecule has 1 aliphatic heterocycles. The highest BCUT2D eigenvalue weighted by molar-refractivity contribution is 7.07. The molecule has 1 aliphatic carbocycles. The number of piperidine rings is 1. The fourth-order valence-corrected chi connectivity index (χ4v) is 4.41. The minimum atomic E-state index is 0. The SMILES string of the molecule is Cl.O=C(c1ccc[nH]1)N(Cc1ccsc1)C1CC12CCNCC2. The smallest absolute Gasteiger partial charge is 0.270 e. The maximum Gasteiger partial charge on any atom is 0.270 e. The van der Waals surface area contributed by atoms with Crippen LogP contribution in [0.25, 0.3) is 0 Å². The van der Waals surface area contributed by atoms with Crippen LogP contribution in [0.15, 0.2) is 35.2 Å². The normalized spacial score (nSPS) is 21.7. The van der Waals surface area contributed by atoms with Gasteiger partial charge in [0.2, 0.25) is 0 Å². The van der Waals surface area contributed by atoms with E-state index in [2.05, 4.69) is 32.0 Å². The topological polar surface area (TPSA) is 48.1 Å². The molecule has 2 aliphatic rings. The fourth-order valence-electron chi connectivity index (χ4n) is 3.75. The van der Waals surface area contributed by atoms with Gasteiger partial charge in [-0.3, -0.25) is 4.79 Å². The van der Waals surface area contributed by atoms with Crippen LogP contribution in [0.3, 0.4) is 0 Å². The zero-order chi connectivity index (χ0) is 15.0. The van der Waals surface area contributed by atoms with Crippen molar-refractivity contribution in [2.75, 3.05) is 13.1 Å². The number of carbonyl (C=O) groups is 1. The van der Waals surface area contributed by atoms with E-state index in [9.17, 15) is 4.79 Å². The van der Waals surface area contributed by atoms with E-state index in [-0.39, 0.29) is 18.3 Å². The van der Waals surface area contributed by atoms with Crippen LogP contribution in [0.4, 0.5) is 0 Å². The van der Waals surface area contributed by atoms with Crippen LogP contribution in [-0.2, 0) is 6.54 Å². The zero-order valence-electron chi connectivity index (χ0n) is 13.0. The molecule has 1 saturated carbocycles. The maximum atomic E-state index is 12.9. The summed E-state index contributed by atoms with van der Waals surface area (Å²) in [5.41, 5.74) is 2.30. The Morgan fingerprint density at radius 2 is 2.17 bits per heavy atom. The van der Waals surface area contributed by atoms with E-state index in [0.717, 1.165) is 26.1 Å². The zero-order valence-corrected chi connectivity index (χ0v) is 14.6. The van der Waals surface area contributed by atoms with Crippen LogP contribution in [0.2, 0.25) is 0 Å². The molecule has 2 fully saturated rings. The average Bonchev–Trinajstić information content (AvgIpc) is 3.02. The first-order valence-electron chi connectivity index (χ1n) is 7.95. The molecule has 2 aromatic heterocycles. The van der Waals surface area contributed by atoms with Crippen LogP contribution in [0, 0.1) is 5.41 Å². The van der Waals surface area contributed by atoms with Gasteiger partial charge < -0.3 is 15.2 Å².